The zero-order valence-electron chi connectivity index (χ0n) is 17.2. The number of ether oxygens (including phenoxy) is 1. The molecule has 2 aromatic rings. The average molecular weight is 386 g/mol. The van der Waals surface area contributed by atoms with Gasteiger partial charge in [-0.1, -0.05) is 0 Å². The van der Waals surface area contributed by atoms with Crippen LogP contribution in [0.5, 0.6) is 0 Å². The van der Waals surface area contributed by atoms with Gasteiger partial charge in [-0.05, 0) is 64.8 Å². The van der Waals surface area contributed by atoms with Crippen LogP contribution in [-0.4, -0.2) is 70.0 Å². The Labute approximate surface area is 166 Å². The number of hydrogen-bond donors (Lipinski definition) is 1. The third kappa shape index (κ3) is 4.26. The molecule has 0 atom stereocenters. The van der Waals surface area contributed by atoms with Crippen molar-refractivity contribution >= 4 is 16.9 Å². The van der Waals surface area contributed by atoms with E-state index in [0.717, 1.165) is 87.1 Å². The van der Waals surface area contributed by atoms with Crippen molar-refractivity contribution in [2.75, 3.05) is 44.3 Å². The fraction of sp³-hybridized carbons (Fsp3) is 0.667. The SMILES string of the molecule is Cc1nc(N2CCOCC2)c2nc(CN3CCC(C(C)(C)O)CC3)ccc2n1. The zero-order valence-corrected chi connectivity index (χ0v) is 17.2. The van der Waals surface area contributed by atoms with Crippen LogP contribution in [0.2, 0.25) is 0 Å². The maximum Gasteiger partial charge on any atom is 0.159 e. The van der Waals surface area contributed by atoms with Crippen LogP contribution in [0.4, 0.5) is 5.82 Å². The largest absolute Gasteiger partial charge is 0.390 e. The minimum absolute atomic E-state index is 0.373. The number of aliphatic hydroxyl groups is 1. The maximum atomic E-state index is 10.3. The highest BCUT2D eigenvalue weighted by Crippen LogP contribution is 2.29. The van der Waals surface area contributed by atoms with E-state index in [9.17, 15) is 5.11 Å². The van der Waals surface area contributed by atoms with E-state index >= 15 is 0 Å². The Balaban J connectivity index is 1.53. The summed E-state index contributed by atoms with van der Waals surface area (Å²) in [6.45, 7) is 11.7. The van der Waals surface area contributed by atoms with E-state index in [0.29, 0.717) is 5.92 Å². The number of rotatable bonds is 4. The predicted molar refractivity (Wildman–Crippen MR) is 109 cm³/mol. The molecule has 2 aromatic heterocycles. The molecular weight excluding hydrogens is 354 g/mol. The molecule has 0 unspecified atom stereocenters. The summed E-state index contributed by atoms with van der Waals surface area (Å²) in [4.78, 5) is 18.9. The van der Waals surface area contributed by atoms with Crippen LogP contribution >= 0.6 is 0 Å². The highest BCUT2D eigenvalue weighted by Gasteiger charge is 2.30. The zero-order chi connectivity index (χ0) is 19.7. The summed E-state index contributed by atoms with van der Waals surface area (Å²) in [7, 11) is 0. The number of fused-ring (bicyclic) bond motifs is 1. The summed E-state index contributed by atoms with van der Waals surface area (Å²) in [5, 5.41) is 10.3. The Hall–Kier alpha value is -1.83. The molecule has 2 aliphatic rings. The standard InChI is InChI=1S/C21H31N5O2/c1-15-22-18-5-4-17(14-25-8-6-16(7-9-25)21(2,3)27)24-19(18)20(23-15)26-10-12-28-13-11-26/h4-5,16,27H,6-14H2,1-3H3. The summed E-state index contributed by atoms with van der Waals surface area (Å²) in [6.07, 6.45) is 2.05. The number of aromatic nitrogens is 3. The highest BCUT2D eigenvalue weighted by atomic mass is 16.5. The Morgan fingerprint density at radius 2 is 1.79 bits per heavy atom. The molecule has 7 nitrogen and oxygen atoms in total. The average Bonchev–Trinajstić information content (AvgIpc) is 2.68. The van der Waals surface area contributed by atoms with Crippen molar-refractivity contribution < 1.29 is 9.84 Å². The van der Waals surface area contributed by atoms with Gasteiger partial charge in [0.25, 0.3) is 0 Å². The van der Waals surface area contributed by atoms with Crippen LogP contribution < -0.4 is 4.90 Å². The number of likely N-dealkylation sites (tertiary alicyclic amines) is 1. The molecule has 1 N–H and O–H groups in total. The topological polar surface area (TPSA) is 74.6 Å². The van der Waals surface area contributed by atoms with Crippen molar-refractivity contribution in [1.82, 2.24) is 19.9 Å². The first-order valence-electron chi connectivity index (χ1n) is 10.3. The first-order valence-corrected chi connectivity index (χ1v) is 10.3. The van der Waals surface area contributed by atoms with Crippen LogP contribution in [0.3, 0.4) is 0 Å². The van der Waals surface area contributed by atoms with Gasteiger partial charge in [0.15, 0.2) is 5.82 Å². The number of anilines is 1. The lowest BCUT2D eigenvalue weighted by Gasteiger charge is -2.37. The molecular formula is C21H31N5O2. The highest BCUT2D eigenvalue weighted by molar-refractivity contribution is 5.85. The molecule has 2 fully saturated rings. The number of morpholine rings is 1. The lowest BCUT2D eigenvalue weighted by atomic mass is 9.83. The Morgan fingerprint density at radius 3 is 2.46 bits per heavy atom. The molecule has 7 heteroatoms. The van der Waals surface area contributed by atoms with E-state index in [1.807, 2.05) is 20.8 Å². The molecule has 0 spiro atoms. The quantitative estimate of drug-likeness (QED) is 0.864. The van der Waals surface area contributed by atoms with Crippen molar-refractivity contribution in [2.45, 2.75) is 45.8 Å². The van der Waals surface area contributed by atoms with Crippen molar-refractivity contribution in [3.8, 4) is 0 Å². The van der Waals surface area contributed by atoms with Gasteiger partial charge >= 0.3 is 0 Å². The van der Waals surface area contributed by atoms with E-state index in [2.05, 4.69) is 26.9 Å². The molecule has 2 aliphatic heterocycles. The number of nitrogens with zero attached hydrogens (tertiary/aromatic N) is 5. The maximum absolute atomic E-state index is 10.3. The minimum Gasteiger partial charge on any atom is -0.390 e. The van der Waals surface area contributed by atoms with E-state index < -0.39 is 5.60 Å². The first kappa shape index (κ1) is 19.5. The lowest BCUT2D eigenvalue weighted by Crippen LogP contribution is -2.41. The van der Waals surface area contributed by atoms with Gasteiger partial charge in [-0.15, -0.1) is 0 Å². The monoisotopic (exact) mass is 385 g/mol. The smallest absolute Gasteiger partial charge is 0.159 e. The van der Waals surface area contributed by atoms with Gasteiger partial charge in [-0.3, -0.25) is 4.90 Å². The van der Waals surface area contributed by atoms with Crippen LogP contribution in [-0.2, 0) is 11.3 Å². The molecule has 0 radical (unpaired) electrons. The molecule has 4 rings (SSSR count). The summed E-state index contributed by atoms with van der Waals surface area (Å²) in [6, 6.07) is 4.15. The third-order valence-corrected chi connectivity index (χ3v) is 5.98. The molecule has 0 aromatic carbocycles. The molecule has 0 aliphatic carbocycles. The Morgan fingerprint density at radius 1 is 1.07 bits per heavy atom. The van der Waals surface area contributed by atoms with Crippen LogP contribution in [0.1, 0.15) is 38.2 Å². The summed E-state index contributed by atoms with van der Waals surface area (Å²) < 4.78 is 5.49. The number of aryl methyl sites for hydroxylation is 1. The summed E-state index contributed by atoms with van der Waals surface area (Å²) in [5.74, 6) is 2.07. The van der Waals surface area contributed by atoms with Crippen LogP contribution in [0.15, 0.2) is 12.1 Å². The predicted octanol–water partition coefficient (Wildman–Crippen LogP) is 2.15. The third-order valence-electron chi connectivity index (χ3n) is 5.98. The van der Waals surface area contributed by atoms with Gasteiger partial charge in [0.05, 0.1) is 30.0 Å². The molecule has 0 amide bonds. The van der Waals surface area contributed by atoms with Crippen molar-refractivity contribution in [3.63, 3.8) is 0 Å². The molecule has 28 heavy (non-hydrogen) atoms. The number of hydrogen-bond acceptors (Lipinski definition) is 7. The molecule has 2 saturated heterocycles. The van der Waals surface area contributed by atoms with Gasteiger partial charge < -0.3 is 14.7 Å². The minimum atomic E-state index is -0.588. The summed E-state index contributed by atoms with van der Waals surface area (Å²) in [5.41, 5.74) is 2.25. The first-order chi connectivity index (χ1) is 13.4. The van der Waals surface area contributed by atoms with Crippen molar-refractivity contribution in [1.29, 1.82) is 0 Å². The van der Waals surface area contributed by atoms with Crippen molar-refractivity contribution in [2.24, 2.45) is 5.92 Å². The van der Waals surface area contributed by atoms with Gasteiger partial charge in [0.2, 0.25) is 0 Å². The number of pyridine rings is 1. The van der Waals surface area contributed by atoms with E-state index in [1.165, 1.54) is 0 Å². The van der Waals surface area contributed by atoms with E-state index in [4.69, 9.17) is 14.7 Å². The fourth-order valence-electron chi connectivity index (χ4n) is 4.26. The number of piperidine rings is 1. The summed E-state index contributed by atoms with van der Waals surface area (Å²) >= 11 is 0. The van der Waals surface area contributed by atoms with Gasteiger partial charge in [0, 0.05) is 19.6 Å². The second kappa shape index (κ2) is 7.89. The van der Waals surface area contributed by atoms with Crippen LogP contribution in [0, 0.1) is 12.8 Å². The second-order valence-electron chi connectivity index (χ2n) is 8.57. The lowest BCUT2D eigenvalue weighted by molar-refractivity contribution is -0.0137. The van der Waals surface area contributed by atoms with Crippen LogP contribution in [0.25, 0.3) is 11.0 Å². The normalized spacial score (nSPS) is 20.1. The fourth-order valence-corrected chi connectivity index (χ4v) is 4.26. The Bertz CT molecular complexity index is 821. The van der Waals surface area contributed by atoms with Crippen molar-refractivity contribution in [3.05, 3.63) is 23.7 Å². The molecule has 152 valence electrons. The molecule has 4 heterocycles. The van der Waals surface area contributed by atoms with Gasteiger partial charge in [-0.2, -0.15) is 0 Å². The van der Waals surface area contributed by atoms with Gasteiger partial charge in [0.1, 0.15) is 11.3 Å². The van der Waals surface area contributed by atoms with Gasteiger partial charge in [-0.25, -0.2) is 15.0 Å². The second-order valence-corrected chi connectivity index (χ2v) is 8.57. The Kier molecular flexibility index (Phi) is 5.49. The van der Waals surface area contributed by atoms with E-state index in [1.54, 1.807) is 0 Å². The molecule has 0 saturated carbocycles. The molecule has 0 bridgehead atoms. The van der Waals surface area contributed by atoms with E-state index in [-0.39, 0.29) is 0 Å².